The van der Waals surface area contributed by atoms with Crippen molar-refractivity contribution in [2.24, 2.45) is 0 Å². The molecule has 2 rings (SSSR count). The molecular formula is C14H11Cl2FO2. The molecule has 100 valence electrons. The Morgan fingerprint density at radius 3 is 2.58 bits per heavy atom. The molecule has 0 fully saturated rings. The third-order valence-electron chi connectivity index (χ3n) is 2.55. The first kappa shape index (κ1) is 14.1. The van der Waals surface area contributed by atoms with Crippen molar-refractivity contribution in [3.05, 3.63) is 57.8 Å². The molecule has 0 aliphatic rings. The number of para-hydroxylation sites is 1. The van der Waals surface area contributed by atoms with Gasteiger partial charge in [-0.15, -0.1) is 0 Å². The Morgan fingerprint density at radius 2 is 1.95 bits per heavy atom. The molecule has 0 saturated carbocycles. The second-order valence-corrected chi connectivity index (χ2v) is 4.85. The van der Waals surface area contributed by atoms with Crippen LogP contribution in [0.4, 0.5) is 4.39 Å². The van der Waals surface area contributed by atoms with Crippen LogP contribution < -0.4 is 4.74 Å². The molecule has 0 aliphatic heterocycles. The molecule has 0 saturated heterocycles. The zero-order valence-corrected chi connectivity index (χ0v) is 11.5. The molecule has 0 bridgehead atoms. The third kappa shape index (κ3) is 3.18. The first-order valence-electron chi connectivity index (χ1n) is 5.58. The lowest BCUT2D eigenvalue weighted by atomic mass is 10.1. The summed E-state index contributed by atoms with van der Waals surface area (Å²) < 4.78 is 19.3. The van der Waals surface area contributed by atoms with E-state index in [0.29, 0.717) is 10.6 Å². The molecule has 2 aromatic rings. The SMILES string of the molecule is CC(O)c1cccc(F)c1Oc1ccc(Cl)cc1Cl. The molecule has 0 amide bonds. The maximum absolute atomic E-state index is 13.8. The lowest BCUT2D eigenvalue weighted by molar-refractivity contribution is 0.194. The van der Waals surface area contributed by atoms with Gasteiger partial charge in [0.05, 0.1) is 11.1 Å². The van der Waals surface area contributed by atoms with Gasteiger partial charge in [-0.1, -0.05) is 35.3 Å². The van der Waals surface area contributed by atoms with Gasteiger partial charge in [-0.05, 0) is 31.2 Å². The predicted octanol–water partition coefficient (Wildman–Crippen LogP) is 4.98. The maximum atomic E-state index is 13.8. The van der Waals surface area contributed by atoms with Crippen LogP contribution in [0.2, 0.25) is 10.0 Å². The summed E-state index contributed by atoms with van der Waals surface area (Å²) in [6.07, 6.45) is -0.850. The summed E-state index contributed by atoms with van der Waals surface area (Å²) in [4.78, 5) is 0. The van der Waals surface area contributed by atoms with Crippen molar-refractivity contribution in [2.75, 3.05) is 0 Å². The second kappa shape index (κ2) is 5.78. The minimum atomic E-state index is -0.850. The third-order valence-corrected chi connectivity index (χ3v) is 3.08. The van der Waals surface area contributed by atoms with Crippen molar-refractivity contribution in [3.63, 3.8) is 0 Å². The molecule has 1 atom stereocenters. The molecule has 0 heterocycles. The highest BCUT2D eigenvalue weighted by Gasteiger charge is 2.16. The molecule has 0 aromatic heterocycles. The van der Waals surface area contributed by atoms with E-state index in [9.17, 15) is 9.50 Å². The van der Waals surface area contributed by atoms with Crippen molar-refractivity contribution in [2.45, 2.75) is 13.0 Å². The summed E-state index contributed by atoms with van der Waals surface area (Å²) in [5.74, 6) is -0.329. The number of aliphatic hydroxyl groups excluding tert-OH is 1. The Bertz CT molecular complexity index is 600. The molecule has 1 unspecified atom stereocenters. The number of hydrogen-bond donors (Lipinski definition) is 1. The topological polar surface area (TPSA) is 29.5 Å². The van der Waals surface area contributed by atoms with Gasteiger partial charge in [-0.2, -0.15) is 0 Å². The molecule has 0 radical (unpaired) electrons. The molecule has 19 heavy (non-hydrogen) atoms. The van der Waals surface area contributed by atoms with Crippen LogP contribution in [0.5, 0.6) is 11.5 Å². The Balaban J connectivity index is 2.43. The van der Waals surface area contributed by atoms with Crippen LogP contribution in [0.1, 0.15) is 18.6 Å². The van der Waals surface area contributed by atoms with Crippen LogP contribution in [0.3, 0.4) is 0 Å². The van der Waals surface area contributed by atoms with Gasteiger partial charge in [0.1, 0.15) is 5.75 Å². The number of ether oxygens (including phenoxy) is 1. The largest absolute Gasteiger partial charge is 0.452 e. The van der Waals surface area contributed by atoms with E-state index in [1.807, 2.05) is 0 Å². The van der Waals surface area contributed by atoms with Crippen LogP contribution in [-0.4, -0.2) is 5.11 Å². The Labute approximate surface area is 120 Å². The summed E-state index contributed by atoms with van der Waals surface area (Å²) in [5, 5.41) is 10.4. The fourth-order valence-electron chi connectivity index (χ4n) is 1.63. The van der Waals surface area contributed by atoms with E-state index in [1.165, 1.54) is 25.1 Å². The number of hydrogen-bond acceptors (Lipinski definition) is 2. The zero-order valence-electron chi connectivity index (χ0n) is 10.0. The average Bonchev–Trinajstić information content (AvgIpc) is 2.34. The fourth-order valence-corrected chi connectivity index (χ4v) is 2.08. The molecule has 2 aromatic carbocycles. The lowest BCUT2D eigenvalue weighted by Crippen LogP contribution is -1.99. The average molecular weight is 301 g/mol. The lowest BCUT2D eigenvalue weighted by Gasteiger charge is -2.14. The van der Waals surface area contributed by atoms with Crippen LogP contribution in [0, 0.1) is 5.82 Å². The highest BCUT2D eigenvalue weighted by atomic mass is 35.5. The van der Waals surface area contributed by atoms with Crippen molar-refractivity contribution in [3.8, 4) is 11.5 Å². The highest BCUT2D eigenvalue weighted by molar-refractivity contribution is 6.35. The summed E-state index contributed by atoms with van der Waals surface area (Å²) in [6, 6.07) is 8.99. The van der Waals surface area contributed by atoms with Gasteiger partial charge < -0.3 is 9.84 Å². The number of benzene rings is 2. The van der Waals surface area contributed by atoms with Crippen LogP contribution in [-0.2, 0) is 0 Å². The predicted molar refractivity (Wildman–Crippen MR) is 73.6 cm³/mol. The normalized spacial score (nSPS) is 12.3. The summed E-state index contributed by atoms with van der Waals surface area (Å²) in [6.45, 7) is 1.53. The smallest absolute Gasteiger partial charge is 0.168 e. The van der Waals surface area contributed by atoms with E-state index < -0.39 is 11.9 Å². The van der Waals surface area contributed by atoms with Gasteiger partial charge in [0, 0.05) is 10.6 Å². The molecule has 2 nitrogen and oxygen atoms in total. The van der Waals surface area contributed by atoms with Gasteiger partial charge in [-0.3, -0.25) is 0 Å². The van der Waals surface area contributed by atoms with E-state index >= 15 is 0 Å². The number of aliphatic hydroxyl groups is 1. The highest BCUT2D eigenvalue weighted by Crippen LogP contribution is 2.36. The van der Waals surface area contributed by atoms with Gasteiger partial charge in [0.15, 0.2) is 11.6 Å². The van der Waals surface area contributed by atoms with Crippen LogP contribution in [0.15, 0.2) is 36.4 Å². The van der Waals surface area contributed by atoms with E-state index in [0.717, 1.165) is 0 Å². The minimum Gasteiger partial charge on any atom is -0.452 e. The van der Waals surface area contributed by atoms with Gasteiger partial charge in [0.25, 0.3) is 0 Å². The van der Waals surface area contributed by atoms with Gasteiger partial charge >= 0.3 is 0 Å². The monoisotopic (exact) mass is 300 g/mol. The van der Waals surface area contributed by atoms with Crippen molar-refractivity contribution in [1.29, 1.82) is 0 Å². The maximum Gasteiger partial charge on any atom is 0.168 e. The Hall–Kier alpha value is -1.29. The Kier molecular flexibility index (Phi) is 4.30. The fraction of sp³-hybridized carbons (Fsp3) is 0.143. The van der Waals surface area contributed by atoms with E-state index in [4.69, 9.17) is 27.9 Å². The molecule has 1 N–H and O–H groups in total. The molecule has 5 heteroatoms. The minimum absolute atomic E-state index is 0.0401. The van der Waals surface area contributed by atoms with Crippen molar-refractivity contribution < 1.29 is 14.2 Å². The van der Waals surface area contributed by atoms with Crippen molar-refractivity contribution >= 4 is 23.2 Å². The summed E-state index contributed by atoms with van der Waals surface area (Å²) in [7, 11) is 0. The van der Waals surface area contributed by atoms with Crippen molar-refractivity contribution in [1.82, 2.24) is 0 Å². The standard InChI is InChI=1S/C14H11Cl2FO2/c1-8(18)10-3-2-4-12(17)14(10)19-13-6-5-9(15)7-11(13)16/h2-8,18H,1H3. The second-order valence-electron chi connectivity index (χ2n) is 4.01. The van der Waals surface area contributed by atoms with Crippen LogP contribution in [0.25, 0.3) is 0 Å². The molecular weight excluding hydrogens is 290 g/mol. The quantitative estimate of drug-likeness (QED) is 0.866. The van der Waals surface area contributed by atoms with Crippen LogP contribution >= 0.6 is 23.2 Å². The first-order valence-corrected chi connectivity index (χ1v) is 6.34. The Morgan fingerprint density at radius 1 is 1.21 bits per heavy atom. The van der Waals surface area contributed by atoms with E-state index in [-0.39, 0.29) is 16.5 Å². The van der Waals surface area contributed by atoms with E-state index in [1.54, 1.807) is 18.2 Å². The number of halogens is 3. The summed E-state index contributed by atoms with van der Waals surface area (Å²) >= 11 is 11.7. The molecule has 0 spiro atoms. The number of rotatable bonds is 3. The molecule has 0 aliphatic carbocycles. The zero-order chi connectivity index (χ0) is 14.0. The van der Waals surface area contributed by atoms with Gasteiger partial charge in [0.2, 0.25) is 0 Å². The van der Waals surface area contributed by atoms with Gasteiger partial charge in [-0.25, -0.2) is 4.39 Å². The summed E-state index contributed by atoms with van der Waals surface area (Å²) in [5.41, 5.74) is 0.353. The first-order chi connectivity index (χ1) is 8.99. The van der Waals surface area contributed by atoms with E-state index in [2.05, 4.69) is 0 Å².